The fourth-order valence-corrected chi connectivity index (χ4v) is 4.36. The highest BCUT2D eigenvalue weighted by Crippen LogP contribution is 2.37. The van der Waals surface area contributed by atoms with Gasteiger partial charge in [-0.05, 0) is 24.7 Å². The number of rotatable bonds is 4. The lowest BCUT2D eigenvalue weighted by Gasteiger charge is -2.33. The van der Waals surface area contributed by atoms with E-state index in [0.717, 1.165) is 43.0 Å². The van der Waals surface area contributed by atoms with E-state index in [-0.39, 0.29) is 11.9 Å². The Balaban J connectivity index is 1.61. The summed E-state index contributed by atoms with van der Waals surface area (Å²) in [6.07, 6.45) is 0.585. The summed E-state index contributed by atoms with van der Waals surface area (Å²) < 4.78 is 0. The van der Waals surface area contributed by atoms with Gasteiger partial charge in [0.15, 0.2) is 0 Å². The predicted molar refractivity (Wildman–Crippen MR) is 118 cm³/mol. The highest BCUT2D eigenvalue weighted by Gasteiger charge is 2.35. The summed E-state index contributed by atoms with van der Waals surface area (Å²) >= 11 is 12.9. The number of hydrazone groups is 1. The van der Waals surface area contributed by atoms with Crippen LogP contribution in [0.2, 0.25) is 10.0 Å². The number of piperazine rings is 1. The van der Waals surface area contributed by atoms with Gasteiger partial charge in [-0.25, -0.2) is 5.01 Å². The van der Waals surface area contributed by atoms with Crippen molar-refractivity contribution in [3.63, 3.8) is 0 Å². The van der Waals surface area contributed by atoms with Gasteiger partial charge in [-0.3, -0.25) is 9.69 Å². The van der Waals surface area contributed by atoms with Gasteiger partial charge in [0.25, 0.3) is 5.91 Å². The van der Waals surface area contributed by atoms with Gasteiger partial charge in [-0.15, -0.1) is 0 Å². The van der Waals surface area contributed by atoms with Crippen molar-refractivity contribution >= 4 is 34.8 Å². The van der Waals surface area contributed by atoms with Crippen LogP contribution in [0.1, 0.15) is 23.6 Å². The number of carbonyl (C=O) groups excluding carboxylic acids is 1. The summed E-state index contributed by atoms with van der Waals surface area (Å²) in [4.78, 5) is 17.7. The van der Waals surface area contributed by atoms with E-state index >= 15 is 0 Å². The Kier molecular flexibility index (Phi) is 6.20. The summed E-state index contributed by atoms with van der Waals surface area (Å²) in [7, 11) is 2.10. The lowest BCUT2D eigenvalue weighted by Crippen LogP contribution is -2.48. The Morgan fingerprint density at radius 3 is 2.34 bits per heavy atom. The SMILES string of the molecule is CN1CCN(CC(=O)N2N=C(c3ccccc3Cl)CC2c2ccccc2Cl)CC1. The topological polar surface area (TPSA) is 39.1 Å². The van der Waals surface area contributed by atoms with Crippen LogP contribution in [0, 0.1) is 0 Å². The fraction of sp³-hybridized carbons (Fsp3) is 0.364. The fourth-order valence-electron chi connectivity index (χ4n) is 3.86. The molecule has 2 aliphatic rings. The van der Waals surface area contributed by atoms with Crippen molar-refractivity contribution in [1.82, 2.24) is 14.8 Å². The van der Waals surface area contributed by atoms with Crippen LogP contribution in [-0.2, 0) is 4.79 Å². The lowest BCUT2D eigenvalue weighted by atomic mass is 9.98. The molecule has 2 heterocycles. The van der Waals surface area contributed by atoms with E-state index in [1.54, 1.807) is 5.01 Å². The van der Waals surface area contributed by atoms with Crippen LogP contribution >= 0.6 is 23.2 Å². The molecule has 1 amide bonds. The molecule has 1 fully saturated rings. The zero-order valence-corrected chi connectivity index (χ0v) is 17.9. The molecule has 5 nitrogen and oxygen atoms in total. The molecule has 1 atom stereocenters. The van der Waals surface area contributed by atoms with Crippen molar-refractivity contribution in [2.75, 3.05) is 39.8 Å². The Bertz CT molecular complexity index is 925. The highest BCUT2D eigenvalue weighted by molar-refractivity contribution is 6.34. The third kappa shape index (κ3) is 4.48. The second-order valence-electron chi connectivity index (χ2n) is 7.59. The van der Waals surface area contributed by atoms with Gasteiger partial charge in [0.05, 0.1) is 18.3 Å². The third-order valence-corrected chi connectivity index (χ3v) is 6.24. The molecular formula is C22H24Cl2N4O. The van der Waals surface area contributed by atoms with Gasteiger partial charge in [0.2, 0.25) is 0 Å². The molecule has 2 aromatic carbocycles. The Labute approximate surface area is 181 Å². The van der Waals surface area contributed by atoms with Crippen molar-refractivity contribution < 1.29 is 4.79 Å². The average molecular weight is 431 g/mol. The molecule has 152 valence electrons. The third-order valence-electron chi connectivity index (χ3n) is 5.57. The molecule has 0 radical (unpaired) electrons. The number of benzene rings is 2. The molecule has 2 aliphatic heterocycles. The van der Waals surface area contributed by atoms with Crippen molar-refractivity contribution in [1.29, 1.82) is 0 Å². The first-order valence-corrected chi connectivity index (χ1v) is 10.6. The Morgan fingerprint density at radius 2 is 1.66 bits per heavy atom. The maximum absolute atomic E-state index is 13.2. The number of hydrogen-bond acceptors (Lipinski definition) is 4. The van der Waals surface area contributed by atoms with E-state index in [9.17, 15) is 4.79 Å². The van der Waals surface area contributed by atoms with Crippen LogP contribution in [0.25, 0.3) is 0 Å². The minimum Gasteiger partial charge on any atom is -0.304 e. The van der Waals surface area contributed by atoms with Crippen LogP contribution in [0.3, 0.4) is 0 Å². The summed E-state index contributed by atoms with van der Waals surface area (Å²) in [5.41, 5.74) is 2.58. The van der Waals surface area contributed by atoms with E-state index in [1.165, 1.54) is 0 Å². The molecular weight excluding hydrogens is 407 g/mol. The molecule has 0 aliphatic carbocycles. The molecule has 0 bridgehead atoms. The summed E-state index contributed by atoms with van der Waals surface area (Å²) in [6.45, 7) is 4.06. The zero-order chi connectivity index (χ0) is 20.4. The first-order valence-electron chi connectivity index (χ1n) is 9.82. The van der Waals surface area contributed by atoms with Crippen LogP contribution in [0.4, 0.5) is 0 Å². The van der Waals surface area contributed by atoms with Crippen LogP contribution in [0.15, 0.2) is 53.6 Å². The molecule has 4 rings (SSSR count). The van der Waals surface area contributed by atoms with E-state index < -0.39 is 0 Å². The molecule has 0 spiro atoms. The predicted octanol–water partition coefficient (Wildman–Crippen LogP) is 3.92. The smallest absolute Gasteiger partial charge is 0.257 e. The van der Waals surface area contributed by atoms with Crippen molar-refractivity contribution in [3.8, 4) is 0 Å². The van der Waals surface area contributed by atoms with Crippen molar-refractivity contribution in [2.45, 2.75) is 12.5 Å². The van der Waals surface area contributed by atoms with Crippen LogP contribution < -0.4 is 0 Å². The highest BCUT2D eigenvalue weighted by atomic mass is 35.5. The molecule has 0 aromatic heterocycles. The number of amides is 1. The lowest BCUT2D eigenvalue weighted by molar-refractivity contribution is -0.134. The van der Waals surface area contributed by atoms with E-state index in [0.29, 0.717) is 23.0 Å². The number of likely N-dealkylation sites (N-methyl/N-ethyl adjacent to an activating group) is 1. The van der Waals surface area contributed by atoms with Crippen molar-refractivity contribution in [3.05, 3.63) is 69.7 Å². The first kappa shape index (κ1) is 20.4. The number of nitrogens with zero attached hydrogens (tertiary/aromatic N) is 4. The molecule has 0 saturated carbocycles. The standard InChI is InChI=1S/C22H24Cl2N4O/c1-26-10-12-27(13-11-26)15-22(29)28-21(17-7-3-5-9-19(17)24)14-20(25-28)16-6-2-4-8-18(16)23/h2-9,21H,10-15H2,1H3. The maximum atomic E-state index is 13.2. The van der Waals surface area contributed by atoms with Crippen LogP contribution in [-0.4, -0.2) is 66.2 Å². The minimum absolute atomic E-state index is 0.0125. The molecule has 2 aromatic rings. The number of hydrogen-bond donors (Lipinski definition) is 0. The molecule has 29 heavy (non-hydrogen) atoms. The van der Waals surface area contributed by atoms with E-state index in [4.69, 9.17) is 28.3 Å². The maximum Gasteiger partial charge on any atom is 0.257 e. The van der Waals surface area contributed by atoms with E-state index in [1.807, 2.05) is 48.5 Å². The Morgan fingerprint density at radius 1 is 1.00 bits per heavy atom. The second kappa shape index (κ2) is 8.84. The van der Waals surface area contributed by atoms with Gasteiger partial charge >= 0.3 is 0 Å². The zero-order valence-electron chi connectivity index (χ0n) is 16.4. The quantitative estimate of drug-likeness (QED) is 0.737. The summed E-state index contributed by atoms with van der Waals surface area (Å²) in [5, 5.41) is 7.61. The average Bonchev–Trinajstić information content (AvgIpc) is 3.15. The summed E-state index contributed by atoms with van der Waals surface area (Å²) in [5.74, 6) is -0.0125. The first-order chi connectivity index (χ1) is 14.0. The van der Waals surface area contributed by atoms with Crippen LogP contribution in [0.5, 0.6) is 0 Å². The Hall–Kier alpha value is -1.92. The van der Waals surface area contributed by atoms with Crippen molar-refractivity contribution in [2.24, 2.45) is 5.10 Å². The molecule has 7 heteroatoms. The monoisotopic (exact) mass is 430 g/mol. The van der Waals surface area contributed by atoms with Gasteiger partial charge in [0, 0.05) is 48.2 Å². The minimum atomic E-state index is -0.227. The largest absolute Gasteiger partial charge is 0.304 e. The molecule has 1 saturated heterocycles. The van der Waals surface area contributed by atoms with Gasteiger partial charge in [-0.1, -0.05) is 59.6 Å². The number of carbonyl (C=O) groups is 1. The number of halogens is 2. The molecule has 1 unspecified atom stereocenters. The van der Waals surface area contributed by atoms with Gasteiger partial charge in [0.1, 0.15) is 0 Å². The van der Waals surface area contributed by atoms with Gasteiger partial charge < -0.3 is 4.90 Å². The second-order valence-corrected chi connectivity index (χ2v) is 8.40. The molecule has 0 N–H and O–H groups in total. The van der Waals surface area contributed by atoms with E-state index in [2.05, 4.69) is 16.8 Å². The summed E-state index contributed by atoms with van der Waals surface area (Å²) in [6, 6.07) is 15.0. The van der Waals surface area contributed by atoms with Gasteiger partial charge in [-0.2, -0.15) is 5.10 Å². The normalized spacial score (nSPS) is 20.7.